The van der Waals surface area contributed by atoms with Crippen molar-refractivity contribution in [3.05, 3.63) is 29.5 Å². The molecular weight excluding hydrogens is 428 g/mol. The topological polar surface area (TPSA) is 113 Å². The van der Waals surface area contributed by atoms with Gasteiger partial charge >= 0.3 is 0 Å². The standard InChI is InChI=1S/C22H26N6O3S/c1-28-7-5-13-9-16(28)22(30)23-6-2-8-31-21-14(17-10-25-19(12-29)32-17)3-4-15-20(21)27-18(26-13)11-24-15/h3-4,10-11,13,16,29H,2,5-9,12H2,1H3,(H,23,30)(H,26,27)/t13-,16-/m0/s1. The first-order valence-corrected chi connectivity index (χ1v) is 11.7. The quantitative estimate of drug-likeness (QED) is 0.539. The number of nitrogens with one attached hydrogen (secondary N) is 2. The zero-order chi connectivity index (χ0) is 22.1. The Hall–Kier alpha value is -2.82. The van der Waals surface area contributed by atoms with Crippen LogP contribution in [0.5, 0.6) is 5.75 Å². The predicted molar refractivity (Wildman–Crippen MR) is 123 cm³/mol. The Balaban J connectivity index is 1.56. The summed E-state index contributed by atoms with van der Waals surface area (Å²) in [6.07, 6.45) is 5.81. The maximum atomic E-state index is 12.7. The monoisotopic (exact) mass is 454 g/mol. The van der Waals surface area contributed by atoms with Crippen molar-refractivity contribution in [2.45, 2.75) is 38.0 Å². The molecule has 1 saturated heterocycles. The number of aliphatic hydroxyl groups excluding tert-OH is 1. The normalized spacial score (nSPS) is 22.1. The number of hydrogen-bond acceptors (Lipinski definition) is 9. The number of rotatable bonds is 2. The number of aliphatic hydroxyl groups is 1. The van der Waals surface area contributed by atoms with Crippen molar-refractivity contribution >= 4 is 34.1 Å². The summed E-state index contributed by atoms with van der Waals surface area (Å²) in [5.41, 5.74) is 2.32. The van der Waals surface area contributed by atoms with Crippen LogP contribution in [0.25, 0.3) is 21.5 Å². The third-order valence-corrected chi connectivity index (χ3v) is 7.03. The molecule has 2 aromatic heterocycles. The third-order valence-electron chi connectivity index (χ3n) is 6.01. The van der Waals surface area contributed by atoms with E-state index in [1.807, 2.05) is 19.2 Å². The Morgan fingerprint density at radius 3 is 3.06 bits per heavy atom. The summed E-state index contributed by atoms with van der Waals surface area (Å²) in [7, 11) is 2.00. The molecule has 1 fully saturated rings. The number of ether oxygens (including phenoxy) is 1. The average Bonchev–Trinajstić information content (AvgIpc) is 3.28. The van der Waals surface area contributed by atoms with Gasteiger partial charge in [-0.25, -0.2) is 9.97 Å². The number of anilines is 1. The van der Waals surface area contributed by atoms with Gasteiger partial charge in [-0.15, -0.1) is 11.3 Å². The molecule has 32 heavy (non-hydrogen) atoms. The lowest BCUT2D eigenvalue weighted by Crippen LogP contribution is -2.52. The fourth-order valence-corrected chi connectivity index (χ4v) is 5.08. The Bertz CT molecular complexity index is 1140. The summed E-state index contributed by atoms with van der Waals surface area (Å²) in [6, 6.07) is 3.87. The van der Waals surface area contributed by atoms with Crippen LogP contribution in [0, 0.1) is 0 Å². The number of benzene rings is 1. The average molecular weight is 455 g/mol. The van der Waals surface area contributed by atoms with Crippen LogP contribution in [0.15, 0.2) is 24.5 Å². The van der Waals surface area contributed by atoms with Crippen LogP contribution in [-0.2, 0) is 11.4 Å². The largest absolute Gasteiger partial charge is 0.490 e. The van der Waals surface area contributed by atoms with Crippen LogP contribution in [0.3, 0.4) is 0 Å². The molecule has 168 valence electrons. The van der Waals surface area contributed by atoms with Crippen molar-refractivity contribution in [3.8, 4) is 16.2 Å². The van der Waals surface area contributed by atoms with Crippen molar-refractivity contribution in [1.29, 1.82) is 0 Å². The highest BCUT2D eigenvalue weighted by molar-refractivity contribution is 7.15. The van der Waals surface area contributed by atoms with Gasteiger partial charge in [0.15, 0.2) is 5.75 Å². The molecule has 0 radical (unpaired) electrons. The molecule has 9 nitrogen and oxygen atoms in total. The van der Waals surface area contributed by atoms with Gasteiger partial charge in [0.1, 0.15) is 16.3 Å². The molecule has 2 aliphatic heterocycles. The molecule has 0 unspecified atom stereocenters. The van der Waals surface area contributed by atoms with E-state index in [9.17, 15) is 9.90 Å². The van der Waals surface area contributed by atoms with Gasteiger partial charge in [-0.2, -0.15) is 0 Å². The van der Waals surface area contributed by atoms with Gasteiger partial charge in [0, 0.05) is 30.9 Å². The molecule has 10 heteroatoms. The number of carbonyl (C=O) groups is 1. The number of piperidine rings is 1. The van der Waals surface area contributed by atoms with Crippen LogP contribution in [0.2, 0.25) is 0 Å². The van der Waals surface area contributed by atoms with Crippen LogP contribution >= 0.6 is 11.3 Å². The highest BCUT2D eigenvalue weighted by Crippen LogP contribution is 2.38. The van der Waals surface area contributed by atoms with E-state index < -0.39 is 0 Å². The predicted octanol–water partition coefficient (Wildman–Crippen LogP) is 2.02. The molecule has 2 atom stereocenters. The Morgan fingerprint density at radius 1 is 1.31 bits per heavy atom. The lowest BCUT2D eigenvalue weighted by Gasteiger charge is -2.36. The number of hydrogen-bond donors (Lipinski definition) is 3. The number of carbonyl (C=O) groups excluding carboxylic acids is 1. The summed E-state index contributed by atoms with van der Waals surface area (Å²) >= 11 is 1.43. The van der Waals surface area contributed by atoms with Crippen LogP contribution in [0.1, 0.15) is 24.3 Å². The van der Waals surface area contributed by atoms with Gasteiger partial charge in [0.05, 0.1) is 35.8 Å². The summed E-state index contributed by atoms with van der Waals surface area (Å²) in [5, 5.41) is 16.6. The smallest absolute Gasteiger partial charge is 0.237 e. The van der Waals surface area contributed by atoms with Crippen LogP contribution in [0.4, 0.5) is 5.82 Å². The van der Waals surface area contributed by atoms with Crippen LogP contribution < -0.4 is 15.4 Å². The highest BCUT2D eigenvalue weighted by Gasteiger charge is 2.31. The van der Waals surface area contributed by atoms with Crippen LogP contribution in [-0.4, -0.2) is 69.7 Å². The maximum absolute atomic E-state index is 12.7. The van der Waals surface area contributed by atoms with E-state index in [-0.39, 0.29) is 24.6 Å². The first-order valence-electron chi connectivity index (χ1n) is 10.9. The maximum Gasteiger partial charge on any atom is 0.237 e. The van der Waals surface area contributed by atoms with E-state index in [1.54, 1.807) is 12.4 Å². The summed E-state index contributed by atoms with van der Waals surface area (Å²) in [5.74, 6) is 1.38. The molecule has 2 aliphatic rings. The second-order valence-corrected chi connectivity index (χ2v) is 9.31. The second-order valence-electron chi connectivity index (χ2n) is 8.20. The van der Waals surface area contributed by atoms with E-state index >= 15 is 0 Å². The molecule has 1 amide bonds. The molecule has 0 spiro atoms. The number of likely N-dealkylation sites (tertiary alicyclic amines) is 1. The lowest BCUT2D eigenvalue weighted by molar-refractivity contribution is -0.127. The minimum absolute atomic E-state index is 0.0554. The number of nitrogens with zero attached hydrogens (tertiary/aromatic N) is 4. The minimum atomic E-state index is -0.160. The SMILES string of the molecule is CN1CC[C@H]2C[C@H]1C(=O)NCCCOc1c(-c3cnc(CO)s3)ccc3ncc(nc13)N2. The third kappa shape index (κ3) is 4.13. The van der Waals surface area contributed by atoms with Gasteiger partial charge < -0.3 is 20.5 Å². The number of amides is 1. The highest BCUT2D eigenvalue weighted by atomic mass is 32.1. The first-order chi connectivity index (χ1) is 15.6. The fraction of sp³-hybridized carbons (Fsp3) is 0.455. The van der Waals surface area contributed by atoms with Crippen molar-refractivity contribution < 1.29 is 14.6 Å². The van der Waals surface area contributed by atoms with Gasteiger partial charge in [0.2, 0.25) is 5.91 Å². The van der Waals surface area contributed by atoms with Gasteiger partial charge in [-0.1, -0.05) is 0 Å². The van der Waals surface area contributed by atoms with E-state index in [4.69, 9.17) is 9.72 Å². The summed E-state index contributed by atoms with van der Waals surface area (Å²) in [6.45, 7) is 1.72. The minimum Gasteiger partial charge on any atom is -0.490 e. The van der Waals surface area contributed by atoms with Crippen molar-refractivity contribution in [1.82, 2.24) is 25.2 Å². The number of likely N-dealkylation sites (N-methyl/N-ethyl adjacent to an activating group) is 1. The van der Waals surface area contributed by atoms with E-state index in [0.29, 0.717) is 41.7 Å². The molecule has 0 saturated carbocycles. The van der Waals surface area contributed by atoms with Crippen molar-refractivity contribution in [2.75, 3.05) is 32.1 Å². The van der Waals surface area contributed by atoms with E-state index in [1.165, 1.54) is 11.3 Å². The molecule has 0 aliphatic carbocycles. The summed E-state index contributed by atoms with van der Waals surface area (Å²) < 4.78 is 6.22. The number of aromatic nitrogens is 3. The zero-order valence-electron chi connectivity index (χ0n) is 17.9. The van der Waals surface area contributed by atoms with Gasteiger partial charge in [-0.05, 0) is 38.4 Å². The molecule has 5 rings (SSSR count). The summed E-state index contributed by atoms with van der Waals surface area (Å²) in [4.78, 5) is 29.5. The van der Waals surface area contributed by atoms with Crippen molar-refractivity contribution in [3.63, 3.8) is 0 Å². The van der Waals surface area contributed by atoms with E-state index in [0.717, 1.165) is 35.3 Å². The first kappa shape index (κ1) is 21.0. The van der Waals surface area contributed by atoms with Crippen molar-refractivity contribution in [2.24, 2.45) is 0 Å². The Labute approximate surface area is 189 Å². The lowest BCUT2D eigenvalue weighted by atomic mass is 9.97. The second kappa shape index (κ2) is 8.97. The number of fused-ring (bicyclic) bond motifs is 3. The molecule has 1 aromatic carbocycles. The number of thiazole rings is 1. The molecular formula is C22H26N6O3S. The van der Waals surface area contributed by atoms with Gasteiger partial charge in [0.25, 0.3) is 0 Å². The Kier molecular flexibility index (Phi) is 5.90. The van der Waals surface area contributed by atoms with E-state index in [2.05, 4.69) is 25.5 Å². The molecule has 4 heterocycles. The molecule has 3 N–H and O–H groups in total. The Morgan fingerprint density at radius 2 is 2.22 bits per heavy atom. The van der Waals surface area contributed by atoms with Gasteiger partial charge in [-0.3, -0.25) is 14.7 Å². The fourth-order valence-electron chi connectivity index (χ4n) is 4.28. The zero-order valence-corrected chi connectivity index (χ0v) is 18.7. The molecule has 3 aromatic rings. The molecule has 4 bridgehead atoms.